The first-order valence-electron chi connectivity index (χ1n) is 9.35. The van der Waals surface area contributed by atoms with E-state index >= 15 is 0 Å². The Morgan fingerprint density at radius 1 is 1.33 bits per heavy atom. The monoisotopic (exact) mass is 374 g/mol. The number of hydrogen-bond donors (Lipinski definition) is 1. The summed E-state index contributed by atoms with van der Waals surface area (Å²) in [5, 5.41) is 2.88. The van der Waals surface area contributed by atoms with Crippen LogP contribution in [0.5, 0.6) is 5.75 Å². The fourth-order valence-electron chi connectivity index (χ4n) is 3.67. The number of benzene rings is 1. The molecule has 2 saturated heterocycles. The lowest BCUT2D eigenvalue weighted by atomic mass is 10.0. The number of nitrogens with one attached hydrogen (secondary N) is 1. The number of carbonyl (C=O) groups excluding carboxylic acids is 3. The molecular formula is C20H26N2O5. The van der Waals surface area contributed by atoms with Crippen molar-refractivity contribution in [2.75, 3.05) is 26.8 Å². The van der Waals surface area contributed by atoms with E-state index in [1.807, 2.05) is 6.92 Å². The molecule has 7 heteroatoms. The molecule has 0 saturated carbocycles. The molecule has 27 heavy (non-hydrogen) atoms. The van der Waals surface area contributed by atoms with Crippen LogP contribution >= 0.6 is 0 Å². The average molecular weight is 374 g/mol. The molecule has 3 unspecified atom stereocenters. The van der Waals surface area contributed by atoms with Gasteiger partial charge in [0.05, 0.1) is 13.2 Å². The summed E-state index contributed by atoms with van der Waals surface area (Å²) in [5.41, 5.74) is 0.572. The van der Waals surface area contributed by atoms with E-state index < -0.39 is 0 Å². The van der Waals surface area contributed by atoms with E-state index in [-0.39, 0.29) is 42.3 Å². The summed E-state index contributed by atoms with van der Waals surface area (Å²) in [6.45, 7) is 3.18. The van der Waals surface area contributed by atoms with Crippen molar-refractivity contribution in [3.05, 3.63) is 29.8 Å². The fourth-order valence-corrected chi connectivity index (χ4v) is 3.67. The molecule has 3 rings (SSSR count). The van der Waals surface area contributed by atoms with Crippen molar-refractivity contribution in [1.82, 2.24) is 10.2 Å². The molecule has 7 nitrogen and oxygen atoms in total. The number of Topliss-reactive ketones (excluding diaryl/α,β-unsaturated/α-hetero) is 1. The zero-order valence-electron chi connectivity index (χ0n) is 15.8. The molecule has 2 amide bonds. The van der Waals surface area contributed by atoms with E-state index in [2.05, 4.69) is 5.32 Å². The molecule has 0 radical (unpaired) electrons. The summed E-state index contributed by atoms with van der Waals surface area (Å²) < 4.78 is 10.5. The summed E-state index contributed by atoms with van der Waals surface area (Å²) in [5.74, 6) is 0.673. The minimum Gasteiger partial charge on any atom is -0.497 e. The highest BCUT2D eigenvalue weighted by atomic mass is 16.5. The van der Waals surface area contributed by atoms with Crippen LogP contribution in [0.3, 0.4) is 0 Å². The second-order valence-corrected chi connectivity index (χ2v) is 7.22. The summed E-state index contributed by atoms with van der Waals surface area (Å²) in [4.78, 5) is 38.3. The van der Waals surface area contributed by atoms with Gasteiger partial charge in [-0.2, -0.15) is 0 Å². The molecule has 3 atom stereocenters. The first-order valence-corrected chi connectivity index (χ1v) is 9.35. The molecule has 1 aromatic rings. The van der Waals surface area contributed by atoms with Crippen molar-refractivity contribution in [1.29, 1.82) is 0 Å². The molecule has 146 valence electrons. The fraction of sp³-hybridized carbons (Fsp3) is 0.550. The normalized spacial score (nSPS) is 22.4. The second-order valence-electron chi connectivity index (χ2n) is 7.22. The van der Waals surface area contributed by atoms with E-state index in [1.54, 1.807) is 36.3 Å². The number of hydrogen-bond acceptors (Lipinski definition) is 5. The summed E-state index contributed by atoms with van der Waals surface area (Å²) in [6.07, 6.45) is 1.67. The van der Waals surface area contributed by atoms with Crippen LogP contribution in [0.1, 0.15) is 36.5 Å². The molecule has 2 aliphatic rings. The lowest BCUT2D eigenvalue weighted by Crippen LogP contribution is -2.42. The Labute approximate surface area is 159 Å². The van der Waals surface area contributed by atoms with Gasteiger partial charge in [0.15, 0.2) is 5.78 Å². The first kappa shape index (κ1) is 19.4. The molecule has 2 heterocycles. The quantitative estimate of drug-likeness (QED) is 0.780. The topological polar surface area (TPSA) is 84.9 Å². The number of ether oxygens (including phenoxy) is 2. The third kappa shape index (κ3) is 4.47. The van der Waals surface area contributed by atoms with Crippen LogP contribution in [0.2, 0.25) is 0 Å². The van der Waals surface area contributed by atoms with E-state index in [4.69, 9.17) is 9.47 Å². The van der Waals surface area contributed by atoms with Gasteiger partial charge in [-0.3, -0.25) is 14.4 Å². The lowest BCUT2D eigenvalue weighted by Gasteiger charge is -2.23. The van der Waals surface area contributed by atoms with Crippen LogP contribution in [0.25, 0.3) is 0 Å². The SMILES string of the molecule is COc1ccc(C(=O)NCCC(C)CC(=O)N2CCC3OCC(=O)C32)cc1. The minimum atomic E-state index is -0.389. The van der Waals surface area contributed by atoms with Gasteiger partial charge >= 0.3 is 0 Å². The van der Waals surface area contributed by atoms with E-state index in [0.29, 0.717) is 37.2 Å². The number of likely N-dealkylation sites (tertiary alicyclic amines) is 1. The standard InChI is InChI=1S/C20H26N2O5/c1-13(7-9-21-20(25)14-3-5-15(26-2)6-4-14)11-18(24)22-10-8-17-19(22)16(23)12-27-17/h3-6,13,17,19H,7-12H2,1-2H3,(H,21,25). The van der Waals surface area contributed by atoms with Crippen molar-refractivity contribution in [3.63, 3.8) is 0 Å². The van der Waals surface area contributed by atoms with Crippen molar-refractivity contribution in [3.8, 4) is 5.75 Å². The van der Waals surface area contributed by atoms with Crippen molar-refractivity contribution in [2.45, 2.75) is 38.3 Å². The van der Waals surface area contributed by atoms with Crippen molar-refractivity contribution >= 4 is 17.6 Å². The van der Waals surface area contributed by atoms with Gasteiger partial charge in [0.25, 0.3) is 5.91 Å². The number of rotatable bonds is 7. The maximum atomic E-state index is 12.5. The van der Waals surface area contributed by atoms with Gasteiger partial charge in [0.2, 0.25) is 5.91 Å². The number of nitrogens with zero attached hydrogens (tertiary/aromatic N) is 1. The van der Waals surface area contributed by atoms with Gasteiger partial charge in [-0.15, -0.1) is 0 Å². The third-order valence-corrected chi connectivity index (χ3v) is 5.23. The molecule has 1 N–H and O–H groups in total. The Morgan fingerprint density at radius 3 is 2.78 bits per heavy atom. The van der Waals surface area contributed by atoms with Gasteiger partial charge < -0.3 is 19.7 Å². The Bertz CT molecular complexity index is 703. The van der Waals surface area contributed by atoms with Crippen LogP contribution < -0.4 is 10.1 Å². The van der Waals surface area contributed by atoms with E-state index in [1.165, 1.54) is 0 Å². The zero-order chi connectivity index (χ0) is 19.4. The number of fused-ring (bicyclic) bond motifs is 1. The Kier molecular flexibility index (Phi) is 6.11. The summed E-state index contributed by atoms with van der Waals surface area (Å²) >= 11 is 0. The lowest BCUT2D eigenvalue weighted by molar-refractivity contribution is -0.137. The zero-order valence-corrected chi connectivity index (χ0v) is 15.8. The molecule has 0 spiro atoms. The van der Waals surface area contributed by atoms with E-state index in [9.17, 15) is 14.4 Å². The second kappa shape index (κ2) is 8.52. The molecule has 0 aliphatic carbocycles. The van der Waals surface area contributed by atoms with Crippen LogP contribution in [0, 0.1) is 5.92 Å². The molecular weight excluding hydrogens is 348 g/mol. The third-order valence-electron chi connectivity index (χ3n) is 5.23. The predicted octanol–water partition coefficient (Wildman–Crippen LogP) is 1.41. The Morgan fingerprint density at radius 2 is 2.07 bits per heavy atom. The van der Waals surface area contributed by atoms with E-state index in [0.717, 1.165) is 6.42 Å². The van der Waals surface area contributed by atoms with Gasteiger partial charge in [-0.05, 0) is 43.0 Å². The highest BCUT2D eigenvalue weighted by molar-refractivity contribution is 5.94. The van der Waals surface area contributed by atoms with Crippen LogP contribution in [0.15, 0.2) is 24.3 Å². The molecule has 0 bridgehead atoms. The molecule has 2 fully saturated rings. The van der Waals surface area contributed by atoms with Crippen molar-refractivity contribution in [2.24, 2.45) is 5.92 Å². The van der Waals surface area contributed by atoms with Gasteiger partial charge in [0.1, 0.15) is 18.4 Å². The first-order chi connectivity index (χ1) is 13.0. The highest BCUT2D eigenvalue weighted by Crippen LogP contribution is 2.28. The largest absolute Gasteiger partial charge is 0.497 e. The molecule has 2 aliphatic heterocycles. The van der Waals surface area contributed by atoms with Crippen LogP contribution in [-0.4, -0.2) is 61.4 Å². The minimum absolute atomic E-state index is 0.00432. The maximum absolute atomic E-state index is 12.5. The number of carbonyl (C=O) groups is 3. The average Bonchev–Trinajstić information content (AvgIpc) is 3.25. The van der Waals surface area contributed by atoms with Crippen LogP contribution in [0.4, 0.5) is 0 Å². The summed E-state index contributed by atoms with van der Waals surface area (Å²) in [7, 11) is 1.58. The Hall–Kier alpha value is -2.41. The highest BCUT2D eigenvalue weighted by Gasteiger charge is 2.46. The van der Waals surface area contributed by atoms with Crippen LogP contribution in [-0.2, 0) is 14.3 Å². The maximum Gasteiger partial charge on any atom is 0.251 e. The smallest absolute Gasteiger partial charge is 0.251 e. The molecule has 0 aromatic heterocycles. The van der Waals surface area contributed by atoms with Gasteiger partial charge in [-0.1, -0.05) is 6.92 Å². The van der Waals surface area contributed by atoms with Gasteiger partial charge in [-0.25, -0.2) is 0 Å². The number of ketones is 1. The molecule has 1 aromatic carbocycles. The Balaban J connectivity index is 1.41. The van der Waals surface area contributed by atoms with Gasteiger partial charge in [0, 0.05) is 25.1 Å². The number of amides is 2. The number of methoxy groups -OCH3 is 1. The predicted molar refractivity (Wildman–Crippen MR) is 98.6 cm³/mol. The van der Waals surface area contributed by atoms with Crippen molar-refractivity contribution < 1.29 is 23.9 Å². The summed E-state index contributed by atoms with van der Waals surface area (Å²) in [6, 6.07) is 6.53.